The van der Waals surface area contributed by atoms with Crippen LogP contribution in [0.5, 0.6) is 0 Å². The molecular formula is C22H26FN3O2. The lowest BCUT2D eigenvalue weighted by Crippen LogP contribution is -2.33. The minimum absolute atomic E-state index is 0.147. The second kappa shape index (κ2) is 8.87. The van der Waals surface area contributed by atoms with Gasteiger partial charge in [-0.2, -0.15) is 0 Å². The van der Waals surface area contributed by atoms with Crippen molar-refractivity contribution >= 4 is 23.2 Å². The zero-order valence-corrected chi connectivity index (χ0v) is 16.3. The molecule has 0 aliphatic carbocycles. The number of nitrogens with zero attached hydrogens (tertiary/aromatic N) is 1. The van der Waals surface area contributed by atoms with Gasteiger partial charge in [-0.15, -0.1) is 0 Å². The second-order valence-corrected chi connectivity index (χ2v) is 7.21. The molecule has 1 aliphatic rings. The molecule has 28 heavy (non-hydrogen) atoms. The molecule has 1 aliphatic heterocycles. The van der Waals surface area contributed by atoms with Gasteiger partial charge in [0.05, 0.1) is 17.3 Å². The first-order chi connectivity index (χ1) is 13.4. The highest BCUT2D eigenvalue weighted by Crippen LogP contribution is 2.28. The number of nitrogens with one attached hydrogen (secondary N) is 2. The van der Waals surface area contributed by atoms with Gasteiger partial charge in [-0.05, 0) is 62.1 Å². The van der Waals surface area contributed by atoms with E-state index in [1.54, 1.807) is 24.3 Å². The number of anilines is 2. The summed E-state index contributed by atoms with van der Waals surface area (Å²) in [5.74, 6) is -0.637. The smallest absolute Gasteiger partial charge is 0.253 e. The Labute approximate surface area is 164 Å². The maximum Gasteiger partial charge on any atom is 0.253 e. The number of rotatable bonds is 5. The lowest BCUT2D eigenvalue weighted by atomic mass is 10.0. The van der Waals surface area contributed by atoms with E-state index in [2.05, 4.69) is 15.5 Å². The number of amides is 2. The number of hydrogen-bond donors (Lipinski definition) is 2. The van der Waals surface area contributed by atoms with Gasteiger partial charge in [0.15, 0.2) is 0 Å². The van der Waals surface area contributed by atoms with Crippen molar-refractivity contribution in [3.63, 3.8) is 0 Å². The lowest BCUT2D eigenvalue weighted by molar-refractivity contribution is -0.114. The third kappa shape index (κ3) is 4.88. The molecule has 1 fully saturated rings. The predicted octanol–water partition coefficient (Wildman–Crippen LogP) is 4.27. The molecule has 6 heteroatoms. The summed E-state index contributed by atoms with van der Waals surface area (Å²) >= 11 is 0. The van der Waals surface area contributed by atoms with Crippen LogP contribution in [0.2, 0.25) is 0 Å². The van der Waals surface area contributed by atoms with Crippen LogP contribution in [0.15, 0.2) is 42.5 Å². The Morgan fingerprint density at radius 2 is 1.71 bits per heavy atom. The maximum absolute atomic E-state index is 13.1. The largest absolute Gasteiger partial charge is 0.371 e. The summed E-state index contributed by atoms with van der Waals surface area (Å²) in [6.07, 6.45) is 3.35. The molecule has 2 aromatic rings. The van der Waals surface area contributed by atoms with Gasteiger partial charge in [0, 0.05) is 25.7 Å². The summed E-state index contributed by atoms with van der Waals surface area (Å²) in [4.78, 5) is 26.6. The van der Waals surface area contributed by atoms with Gasteiger partial charge < -0.3 is 15.5 Å². The molecule has 1 heterocycles. The number of carbonyl (C=O) groups is 2. The molecule has 0 aromatic heterocycles. The van der Waals surface area contributed by atoms with Gasteiger partial charge >= 0.3 is 0 Å². The van der Waals surface area contributed by atoms with Crippen molar-refractivity contribution in [2.75, 3.05) is 23.3 Å². The summed E-state index contributed by atoms with van der Waals surface area (Å²) < 4.78 is 13.1. The summed E-state index contributed by atoms with van der Waals surface area (Å²) in [5, 5.41) is 5.79. The summed E-state index contributed by atoms with van der Waals surface area (Å²) in [6, 6.07) is 11.2. The van der Waals surface area contributed by atoms with E-state index in [1.807, 2.05) is 13.0 Å². The molecule has 1 unspecified atom stereocenters. The number of halogens is 1. The Hall–Kier alpha value is -2.89. The molecule has 148 valence electrons. The first-order valence-electron chi connectivity index (χ1n) is 9.67. The molecule has 1 atom stereocenters. The SMILES string of the molecule is CC(=O)Nc1ccc(C(=O)NC(C)c2ccc(F)cc2)c(N2CCCCC2)c1. The van der Waals surface area contributed by atoms with E-state index in [0.29, 0.717) is 11.3 Å². The van der Waals surface area contributed by atoms with E-state index >= 15 is 0 Å². The first-order valence-corrected chi connectivity index (χ1v) is 9.67. The van der Waals surface area contributed by atoms with E-state index in [0.717, 1.165) is 37.2 Å². The number of piperidine rings is 1. The van der Waals surface area contributed by atoms with Crippen molar-refractivity contribution < 1.29 is 14.0 Å². The fraction of sp³-hybridized carbons (Fsp3) is 0.364. The molecule has 1 saturated heterocycles. The van der Waals surface area contributed by atoms with Crippen LogP contribution in [0, 0.1) is 5.82 Å². The Balaban J connectivity index is 1.84. The predicted molar refractivity (Wildman–Crippen MR) is 109 cm³/mol. The Kier molecular flexibility index (Phi) is 6.29. The number of benzene rings is 2. The van der Waals surface area contributed by atoms with Gasteiger partial charge in [-0.1, -0.05) is 12.1 Å². The molecule has 0 saturated carbocycles. The van der Waals surface area contributed by atoms with Crippen molar-refractivity contribution in [1.29, 1.82) is 0 Å². The van der Waals surface area contributed by atoms with E-state index < -0.39 is 0 Å². The zero-order chi connectivity index (χ0) is 20.1. The average molecular weight is 383 g/mol. The minimum atomic E-state index is -0.303. The third-order valence-electron chi connectivity index (χ3n) is 4.98. The van der Waals surface area contributed by atoms with Crippen LogP contribution in [0.4, 0.5) is 15.8 Å². The van der Waals surface area contributed by atoms with Crippen LogP contribution in [0.1, 0.15) is 55.1 Å². The molecule has 5 nitrogen and oxygen atoms in total. The Morgan fingerprint density at radius 3 is 2.36 bits per heavy atom. The monoisotopic (exact) mass is 383 g/mol. The van der Waals surface area contributed by atoms with E-state index in [1.165, 1.54) is 25.5 Å². The molecule has 2 amide bonds. The molecule has 0 radical (unpaired) electrons. The Morgan fingerprint density at radius 1 is 1.04 bits per heavy atom. The highest BCUT2D eigenvalue weighted by molar-refractivity contribution is 6.01. The number of hydrogen-bond acceptors (Lipinski definition) is 3. The Bertz CT molecular complexity index is 845. The topological polar surface area (TPSA) is 61.4 Å². The zero-order valence-electron chi connectivity index (χ0n) is 16.3. The molecule has 3 rings (SSSR count). The van der Waals surface area contributed by atoms with Crippen molar-refractivity contribution in [1.82, 2.24) is 5.32 Å². The van der Waals surface area contributed by atoms with Crippen LogP contribution in [-0.2, 0) is 4.79 Å². The fourth-order valence-corrected chi connectivity index (χ4v) is 3.51. The lowest BCUT2D eigenvalue weighted by Gasteiger charge is -2.31. The van der Waals surface area contributed by atoms with Crippen molar-refractivity contribution in [3.8, 4) is 0 Å². The van der Waals surface area contributed by atoms with Crippen molar-refractivity contribution in [3.05, 3.63) is 59.4 Å². The molecule has 0 spiro atoms. The van der Waals surface area contributed by atoms with Gasteiger partial charge in [0.25, 0.3) is 5.91 Å². The van der Waals surface area contributed by atoms with Crippen LogP contribution >= 0.6 is 0 Å². The van der Waals surface area contributed by atoms with Gasteiger partial charge in [0.1, 0.15) is 5.82 Å². The first kappa shape index (κ1) is 19.9. The maximum atomic E-state index is 13.1. The second-order valence-electron chi connectivity index (χ2n) is 7.21. The minimum Gasteiger partial charge on any atom is -0.371 e. The summed E-state index contributed by atoms with van der Waals surface area (Å²) in [7, 11) is 0. The van der Waals surface area contributed by atoms with E-state index in [4.69, 9.17) is 0 Å². The molecule has 2 N–H and O–H groups in total. The molecule has 0 bridgehead atoms. The van der Waals surface area contributed by atoms with Crippen molar-refractivity contribution in [2.45, 2.75) is 39.2 Å². The quantitative estimate of drug-likeness (QED) is 0.811. The van der Waals surface area contributed by atoms with Crippen LogP contribution in [0.25, 0.3) is 0 Å². The molecule has 2 aromatic carbocycles. The summed E-state index contributed by atoms with van der Waals surface area (Å²) in [5.41, 5.74) is 2.92. The van der Waals surface area contributed by atoms with Crippen LogP contribution < -0.4 is 15.5 Å². The average Bonchev–Trinajstić information content (AvgIpc) is 2.68. The van der Waals surface area contributed by atoms with E-state index in [-0.39, 0.29) is 23.7 Å². The standard InChI is InChI=1S/C22H26FN3O2/c1-15(17-6-8-18(23)9-7-17)24-22(28)20-11-10-19(25-16(2)27)14-21(20)26-12-4-3-5-13-26/h6-11,14-15H,3-5,12-13H2,1-2H3,(H,24,28)(H,25,27). The third-order valence-corrected chi connectivity index (χ3v) is 4.98. The highest BCUT2D eigenvalue weighted by Gasteiger charge is 2.21. The van der Waals surface area contributed by atoms with E-state index in [9.17, 15) is 14.0 Å². The fourth-order valence-electron chi connectivity index (χ4n) is 3.51. The van der Waals surface area contributed by atoms with Crippen LogP contribution in [0.3, 0.4) is 0 Å². The normalized spacial score (nSPS) is 15.0. The number of carbonyl (C=O) groups excluding carboxylic acids is 2. The van der Waals surface area contributed by atoms with Gasteiger partial charge in [-0.25, -0.2) is 4.39 Å². The highest BCUT2D eigenvalue weighted by atomic mass is 19.1. The van der Waals surface area contributed by atoms with Gasteiger partial charge in [0.2, 0.25) is 5.91 Å². The van der Waals surface area contributed by atoms with Gasteiger partial charge in [-0.3, -0.25) is 9.59 Å². The summed E-state index contributed by atoms with van der Waals surface area (Å²) in [6.45, 7) is 5.11. The van der Waals surface area contributed by atoms with Crippen molar-refractivity contribution in [2.24, 2.45) is 0 Å². The molecular weight excluding hydrogens is 357 g/mol. The van der Waals surface area contributed by atoms with Crippen LogP contribution in [-0.4, -0.2) is 24.9 Å².